The lowest BCUT2D eigenvalue weighted by Gasteiger charge is -2.33. The lowest BCUT2D eigenvalue weighted by atomic mass is 9.99. The zero-order valence-corrected chi connectivity index (χ0v) is 21.7. The molecular weight excluding hydrogens is 474 g/mol. The molecule has 2 heterocycles. The topological polar surface area (TPSA) is 101 Å². The number of nitrogens with zero attached hydrogens (tertiary/aromatic N) is 2. The number of carbonyl (C=O) groups is 2. The normalized spacial score (nSPS) is 17.2. The lowest BCUT2D eigenvalue weighted by Crippen LogP contribution is -2.47. The number of hydrogen-bond acceptors (Lipinski definition) is 7. The number of anilines is 1. The van der Waals surface area contributed by atoms with Crippen molar-refractivity contribution < 1.29 is 28.9 Å². The van der Waals surface area contributed by atoms with Crippen LogP contribution in [0.25, 0.3) is 0 Å². The summed E-state index contributed by atoms with van der Waals surface area (Å²) in [6.07, 6.45) is 1.55. The molecule has 0 bridgehead atoms. The number of ether oxygens (including phenoxy) is 3. The van der Waals surface area contributed by atoms with Crippen molar-refractivity contribution in [2.45, 2.75) is 51.4 Å². The van der Waals surface area contributed by atoms with Gasteiger partial charge in [-0.3, -0.25) is 4.79 Å². The Morgan fingerprint density at radius 2 is 1.81 bits per heavy atom. The van der Waals surface area contributed by atoms with E-state index in [1.165, 1.54) is 0 Å². The molecule has 0 spiro atoms. The molecule has 1 saturated heterocycles. The van der Waals surface area contributed by atoms with Gasteiger partial charge >= 0.3 is 6.09 Å². The monoisotopic (exact) mass is 511 g/mol. The first-order valence-corrected chi connectivity index (χ1v) is 13.0. The van der Waals surface area contributed by atoms with Gasteiger partial charge in [0.1, 0.15) is 30.8 Å². The quantitative estimate of drug-likeness (QED) is 0.506. The molecule has 1 atom stereocenters. The highest BCUT2D eigenvalue weighted by Crippen LogP contribution is 2.41. The zero-order chi connectivity index (χ0) is 26.2. The van der Waals surface area contributed by atoms with E-state index in [4.69, 9.17) is 14.2 Å². The second kappa shape index (κ2) is 12.8. The molecule has 0 radical (unpaired) electrons. The van der Waals surface area contributed by atoms with Gasteiger partial charge in [0.15, 0.2) is 0 Å². The number of β-amino-alcohol motifs (C(OH)–C–C–N with tert-alkyl or cyclic N) is 1. The first-order valence-electron chi connectivity index (χ1n) is 13.0. The summed E-state index contributed by atoms with van der Waals surface area (Å²) in [6, 6.07) is 13.7. The maximum absolute atomic E-state index is 12.5. The van der Waals surface area contributed by atoms with Crippen LogP contribution in [0.2, 0.25) is 0 Å². The molecule has 2 aromatic rings. The molecule has 2 aliphatic rings. The Hall–Kier alpha value is -3.30. The maximum Gasteiger partial charge on any atom is 0.407 e. The summed E-state index contributed by atoms with van der Waals surface area (Å²) in [5.74, 6) is 1.34. The van der Waals surface area contributed by atoms with Crippen LogP contribution in [0.5, 0.6) is 11.5 Å². The van der Waals surface area contributed by atoms with Crippen LogP contribution in [0.3, 0.4) is 0 Å². The van der Waals surface area contributed by atoms with Crippen molar-refractivity contribution in [2.24, 2.45) is 0 Å². The Balaban J connectivity index is 1.33. The number of carbonyl (C=O) groups excluding carboxylic acids is 2. The predicted molar refractivity (Wildman–Crippen MR) is 140 cm³/mol. The van der Waals surface area contributed by atoms with Crippen molar-refractivity contribution in [2.75, 3.05) is 44.8 Å². The smallest absolute Gasteiger partial charge is 0.407 e. The summed E-state index contributed by atoms with van der Waals surface area (Å²) in [5.41, 5.74) is 2.70. The molecule has 0 saturated carbocycles. The number of piperidine rings is 1. The fraction of sp³-hybridized carbons (Fsp3) is 0.500. The van der Waals surface area contributed by atoms with E-state index in [0.717, 1.165) is 42.7 Å². The fourth-order valence-corrected chi connectivity index (χ4v) is 4.85. The highest BCUT2D eigenvalue weighted by molar-refractivity contribution is 5.98. The summed E-state index contributed by atoms with van der Waals surface area (Å²) in [7, 11) is 1.76. The number of hydrogen-bond donors (Lipinski definition) is 2. The first kappa shape index (κ1) is 26.8. The number of benzene rings is 2. The van der Waals surface area contributed by atoms with Gasteiger partial charge in [0.05, 0.1) is 12.3 Å². The number of aliphatic hydroxyl groups is 1. The zero-order valence-electron chi connectivity index (χ0n) is 21.7. The number of nitrogens with one attached hydrogen (secondary N) is 1. The minimum atomic E-state index is -0.665. The average Bonchev–Trinajstić information content (AvgIpc) is 2.90. The summed E-state index contributed by atoms with van der Waals surface area (Å²) < 4.78 is 17.1. The van der Waals surface area contributed by atoms with Gasteiger partial charge in [0.2, 0.25) is 5.91 Å². The van der Waals surface area contributed by atoms with Gasteiger partial charge in [0.25, 0.3) is 0 Å². The third kappa shape index (κ3) is 7.14. The molecule has 2 amide bonds. The fourth-order valence-electron chi connectivity index (χ4n) is 4.85. The summed E-state index contributed by atoms with van der Waals surface area (Å²) in [4.78, 5) is 27.9. The van der Waals surface area contributed by atoms with Crippen LogP contribution in [0, 0.1) is 0 Å². The van der Waals surface area contributed by atoms with E-state index < -0.39 is 6.10 Å². The van der Waals surface area contributed by atoms with Gasteiger partial charge in [-0.05, 0) is 43.9 Å². The third-order valence-electron chi connectivity index (χ3n) is 6.82. The van der Waals surface area contributed by atoms with Crippen molar-refractivity contribution in [3.05, 3.63) is 53.6 Å². The van der Waals surface area contributed by atoms with Crippen molar-refractivity contribution in [3.63, 3.8) is 0 Å². The second-order valence-electron chi connectivity index (χ2n) is 9.52. The minimum absolute atomic E-state index is 0.0371. The number of fused-ring (bicyclic) bond motifs is 1. The SMILES string of the molecule is CCOC(=O)NC1CCN(CC(O)COc2ccc(OCc3ccccc3)c3c2CCC(=O)N3C)CC1. The third-order valence-corrected chi connectivity index (χ3v) is 6.82. The van der Waals surface area contributed by atoms with E-state index in [2.05, 4.69) is 10.2 Å². The number of aliphatic hydroxyl groups excluding tert-OH is 1. The van der Waals surface area contributed by atoms with E-state index >= 15 is 0 Å². The molecule has 200 valence electrons. The number of rotatable bonds is 10. The standard InChI is InChI=1S/C28H37N3O6/c1-3-35-28(34)29-21-13-15-31(16-14-21)17-22(32)19-37-24-10-11-25(36-18-20-7-5-4-6-8-20)27-23(24)9-12-26(33)30(27)2/h4-8,10-11,21-22,32H,3,9,12-19H2,1-2H3,(H,29,34). The van der Waals surface area contributed by atoms with Gasteiger partial charge in [-0.1, -0.05) is 30.3 Å². The van der Waals surface area contributed by atoms with E-state index in [9.17, 15) is 14.7 Å². The van der Waals surface area contributed by atoms with Gasteiger partial charge in [-0.15, -0.1) is 0 Å². The average molecular weight is 512 g/mol. The molecule has 2 N–H and O–H groups in total. The maximum atomic E-state index is 12.5. The van der Waals surface area contributed by atoms with Crippen molar-refractivity contribution >= 4 is 17.7 Å². The summed E-state index contributed by atoms with van der Waals surface area (Å²) in [6.45, 7) is 4.75. The summed E-state index contributed by atoms with van der Waals surface area (Å²) >= 11 is 0. The largest absolute Gasteiger partial charge is 0.490 e. The Morgan fingerprint density at radius 1 is 1.08 bits per heavy atom. The molecule has 1 fully saturated rings. The predicted octanol–water partition coefficient (Wildman–Crippen LogP) is 3.12. The van der Waals surface area contributed by atoms with Crippen LogP contribution in [0.1, 0.15) is 37.3 Å². The highest BCUT2D eigenvalue weighted by atomic mass is 16.5. The van der Waals surface area contributed by atoms with Crippen LogP contribution in [0.4, 0.5) is 10.5 Å². The Kier molecular flexibility index (Phi) is 9.24. The van der Waals surface area contributed by atoms with E-state index in [-0.39, 0.29) is 24.6 Å². The molecule has 0 aliphatic carbocycles. The second-order valence-corrected chi connectivity index (χ2v) is 9.52. The molecule has 37 heavy (non-hydrogen) atoms. The Labute approximate surface area is 218 Å². The number of amides is 2. The van der Waals surface area contributed by atoms with E-state index in [0.29, 0.717) is 44.1 Å². The highest BCUT2D eigenvalue weighted by Gasteiger charge is 2.28. The van der Waals surface area contributed by atoms with Crippen molar-refractivity contribution in [3.8, 4) is 11.5 Å². The summed E-state index contributed by atoms with van der Waals surface area (Å²) in [5, 5.41) is 13.5. The van der Waals surface area contributed by atoms with Gasteiger partial charge in [-0.2, -0.15) is 0 Å². The molecule has 2 aliphatic heterocycles. The van der Waals surface area contributed by atoms with Crippen LogP contribution in [0.15, 0.2) is 42.5 Å². The molecule has 1 unspecified atom stereocenters. The van der Waals surface area contributed by atoms with Crippen LogP contribution in [-0.2, 0) is 22.6 Å². The van der Waals surface area contributed by atoms with Crippen molar-refractivity contribution in [1.29, 1.82) is 0 Å². The Bertz CT molecular complexity index is 1060. The molecule has 9 nitrogen and oxygen atoms in total. The molecule has 9 heteroatoms. The van der Waals surface area contributed by atoms with Crippen LogP contribution >= 0.6 is 0 Å². The number of alkyl carbamates (subject to hydrolysis) is 1. The van der Waals surface area contributed by atoms with Gasteiger partial charge in [-0.25, -0.2) is 4.79 Å². The molecular formula is C28H37N3O6. The molecule has 4 rings (SSSR count). The lowest BCUT2D eigenvalue weighted by molar-refractivity contribution is -0.118. The van der Waals surface area contributed by atoms with E-state index in [1.807, 2.05) is 42.5 Å². The van der Waals surface area contributed by atoms with Gasteiger partial charge in [0, 0.05) is 44.7 Å². The van der Waals surface area contributed by atoms with Gasteiger partial charge < -0.3 is 34.4 Å². The molecule has 0 aromatic heterocycles. The molecule has 2 aromatic carbocycles. The number of likely N-dealkylation sites (tertiary alicyclic amines) is 1. The first-order chi connectivity index (χ1) is 17.9. The van der Waals surface area contributed by atoms with Crippen molar-refractivity contribution in [1.82, 2.24) is 10.2 Å². The van der Waals surface area contributed by atoms with Crippen LogP contribution in [-0.4, -0.2) is 74.0 Å². The van der Waals surface area contributed by atoms with Crippen LogP contribution < -0.4 is 19.7 Å². The van der Waals surface area contributed by atoms with E-state index in [1.54, 1.807) is 18.9 Å². The minimum Gasteiger partial charge on any atom is -0.490 e. The Morgan fingerprint density at radius 3 is 2.54 bits per heavy atom.